The van der Waals surface area contributed by atoms with Gasteiger partial charge in [0.1, 0.15) is 0 Å². The molecule has 1 unspecified atom stereocenters. The van der Waals surface area contributed by atoms with Crippen molar-refractivity contribution in [2.75, 3.05) is 25.6 Å². The van der Waals surface area contributed by atoms with E-state index in [0.29, 0.717) is 22.3 Å². The van der Waals surface area contributed by atoms with Crippen molar-refractivity contribution in [1.29, 1.82) is 0 Å². The number of nitrogens with zero attached hydrogens (tertiary/aromatic N) is 2. The number of amides is 2. The molecule has 1 aliphatic heterocycles. The average molecular weight is 444 g/mol. The lowest BCUT2D eigenvalue weighted by Gasteiger charge is -2.14. The summed E-state index contributed by atoms with van der Waals surface area (Å²) in [6.07, 6.45) is 2.56. The third kappa shape index (κ3) is 3.40. The van der Waals surface area contributed by atoms with E-state index in [-0.39, 0.29) is 13.2 Å². The molecule has 1 aliphatic rings. The summed E-state index contributed by atoms with van der Waals surface area (Å²) in [5.41, 5.74) is 4.48. The van der Waals surface area contributed by atoms with Gasteiger partial charge < -0.3 is 24.7 Å². The van der Waals surface area contributed by atoms with E-state index in [4.69, 9.17) is 0 Å². The number of carbonyl (C=O) groups is 2. The molecule has 0 saturated carbocycles. The van der Waals surface area contributed by atoms with Crippen LogP contribution in [0.2, 0.25) is 0 Å². The number of benzene rings is 2. The maximum absolute atomic E-state index is 13.0. The minimum Gasteiger partial charge on any atom is -0.394 e. The van der Waals surface area contributed by atoms with E-state index in [2.05, 4.69) is 10.3 Å². The highest BCUT2D eigenvalue weighted by molar-refractivity contribution is 6.50. The second kappa shape index (κ2) is 7.91. The summed E-state index contributed by atoms with van der Waals surface area (Å²) in [6.45, 7) is -0.236. The van der Waals surface area contributed by atoms with Gasteiger partial charge in [0.2, 0.25) is 0 Å². The van der Waals surface area contributed by atoms with Crippen molar-refractivity contribution < 1.29 is 19.8 Å². The van der Waals surface area contributed by atoms with Crippen LogP contribution in [-0.4, -0.2) is 58.4 Å². The lowest BCUT2D eigenvalue weighted by molar-refractivity contribution is -0.122. The highest BCUT2D eigenvalue weighted by Crippen LogP contribution is 2.39. The van der Waals surface area contributed by atoms with Crippen LogP contribution in [0.1, 0.15) is 11.1 Å². The molecule has 5 rings (SSSR count). The first kappa shape index (κ1) is 21.0. The van der Waals surface area contributed by atoms with Crippen molar-refractivity contribution in [3.8, 4) is 0 Å². The first-order valence-corrected chi connectivity index (χ1v) is 10.6. The van der Waals surface area contributed by atoms with Gasteiger partial charge in [-0.1, -0.05) is 24.3 Å². The topological polar surface area (TPSA) is 111 Å². The van der Waals surface area contributed by atoms with Crippen molar-refractivity contribution in [3.05, 3.63) is 66.0 Å². The summed E-state index contributed by atoms with van der Waals surface area (Å²) in [5, 5.41) is 23.6. The molecular weight excluding hydrogens is 420 g/mol. The number of hydrogen-bond acceptors (Lipinski definition) is 5. The molecule has 8 nitrogen and oxygen atoms in total. The Labute approximate surface area is 189 Å². The van der Waals surface area contributed by atoms with Gasteiger partial charge in [-0.2, -0.15) is 0 Å². The van der Waals surface area contributed by atoms with Gasteiger partial charge in [-0.05, 0) is 18.2 Å². The quantitative estimate of drug-likeness (QED) is 0.341. The Kier molecular flexibility index (Phi) is 5.03. The van der Waals surface area contributed by atoms with E-state index in [1.165, 1.54) is 0 Å². The average Bonchev–Trinajstić information content (AvgIpc) is 3.46. The number of aromatic nitrogens is 2. The normalized spacial score (nSPS) is 15.0. The number of aliphatic hydroxyl groups excluding tert-OH is 2. The van der Waals surface area contributed by atoms with Crippen LogP contribution in [0, 0.1) is 0 Å². The molecular formula is C25H24N4O4. The molecule has 4 aromatic rings. The molecule has 8 heteroatoms. The first-order chi connectivity index (χ1) is 15.9. The summed E-state index contributed by atoms with van der Waals surface area (Å²) in [4.78, 5) is 31.1. The first-order valence-electron chi connectivity index (χ1n) is 10.6. The zero-order valence-corrected chi connectivity index (χ0v) is 18.3. The summed E-state index contributed by atoms with van der Waals surface area (Å²) in [7, 11) is 3.86. The van der Waals surface area contributed by atoms with E-state index < -0.39 is 17.9 Å². The molecule has 2 amide bonds. The van der Waals surface area contributed by atoms with E-state index in [9.17, 15) is 19.8 Å². The van der Waals surface area contributed by atoms with Crippen LogP contribution in [0.25, 0.3) is 33.0 Å². The number of aliphatic hydroxyl groups is 2. The number of hydrogen-bond donors (Lipinski definition) is 4. The maximum Gasteiger partial charge on any atom is 0.259 e. The molecule has 168 valence electrons. The summed E-state index contributed by atoms with van der Waals surface area (Å²) in [5.74, 6) is -0.903. The Hall–Kier alpha value is -3.88. The van der Waals surface area contributed by atoms with Gasteiger partial charge in [0.15, 0.2) is 0 Å². The fraction of sp³-hybridized carbons (Fsp3) is 0.200. The lowest BCUT2D eigenvalue weighted by Crippen LogP contribution is -2.22. The standard InChI is InChI=1S/C25H24N4O4/c1-28(2)14-7-8-17-19(12-29(21(17)9-14)11-15(31)13-30)23-22(24(32)27-25(23)33)18-10-26-20-6-4-3-5-16(18)20/h3-10,12,15,26,30-31H,11,13H2,1-2H3,(H,27,32,33). The van der Waals surface area contributed by atoms with Crippen LogP contribution >= 0.6 is 0 Å². The van der Waals surface area contributed by atoms with Crippen molar-refractivity contribution in [2.24, 2.45) is 0 Å². The highest BCUT2D eigenvalue weighted by Gasteiger charge is 2.35. The SMILES string of the molecule is CN(C)c1ccc2c(C3=C(c4c[nH]c5ccccc45)C(=O)NC3=O)cn(CC(O)CO)c2c1. The monoisotopic (exact) mass is 444 g/mol. The Morgan fingerprint density at radius 3 is 2.45 bits per heavy atom. The second-order valence-electron chi connectivity index (χ2n) is 8.41. The zero-order chi connectivity index (χ0) is 23.3. The number of carbonyl (C=O) groups excluding carboxylic acids is 2. The highest BCUT2D eigenvalue weighted by atomic mass is 16.3. The van der Waals surface area contributed by atoms with Gasteiger partial charge in [-0.15, -0.1) is 0 Å². The summed E-state index contributed by atoms with van der Waals surface area (Å²) >= 11 is 0. The molecule has 2 aromatic carbocycles. The van der Waals surface area contributed by atoms with Crippen LogP contribution in [0.4, 0.5) is 5.69 Å². The molecule has 1 atom stereocenters. The number of anilines is 1. The van der Waals surface area contributed by atoms with E-state index in [0.717, 1.165) is 27.5 Å². The van der Waals surface area contributed by atoms with E-state index in [1.54, 1.807) is 12.4 Å². The van der Waals surface area contributed by atoms with Crippen LogP contribution in [0.15, 0.2) is 54.9 Å². The molecule has 0 aliphatic carbocycles. The number of H-pyrrole nitrogens is 1. The van der Waals surface area contributed by atoms with Gasteiger partial charge in [-0.25, -0.2) is 0 Å². The third-order valence-corrected chi connectivity index (χ3v) is 6.06. The van der Waals surface area contributed by atoms with Gasteiger partial charge in [0.25, 0.3) is 11.8 Å². The molecule has 2 aromatic heterocycles. The molecule has 3 heterocycles. The van der Waals surface area contributed by atoms with Gasteiger partial charge in [0, 0.05) is 59.6 Å². The van der Waals surface area contributed by atoms with Crippen molar-refractivity contribution in [2.45, 2.75) is 12.6 Å². The van der Waals surface area contributed by atoms with Crippen LogP contribution in [-0.2, 0) is 16.1 Å². The Bertz CT molecular complexity index is 1440. The van der Waals surface area contributed by atoms with Gasteiger partial charge in [-0.3, -0.25) is 14.9 Å². The molecule has 0 bridgehead atoms. The Morgan fingerprint density at radius 2 is 1.73 bits per heavy atom. The molecule has 0 radical (unpaired) electrons. The number of para-hydroxylation sites is 1. The second-order valence-corrected chi connectivity index (χ2v) is 8.41. The molecule has 33 heavy (non-hydrogen) atoms. The Morgan fingerprint density at radius 1 is 1.00 bits per heavy atom. The molecule has 0 spiro atoms. The number of fused-ring (bicyclic) bond motifs is 2. The van der Waals surface area contributed by atoms with Crippen LogP contribution in [0.3, 0.4) is 0 Å². The van der Waals surface area contributed by atoms with Gasteiger partial charge in [0.05, 0.1) is 35.9 Å². The minimum absolute atomic E-state index is 0.148. The van der Waals surface area contributed by atoms with Crippen LogP contribution < -0.4 is 10.2 Å². The summed E-state index contributed by atoms with van der Waals surface area (Å²) < 4.78 is 1.81. The molecule has 0 saturated heterocycles. The largest absolute Gasteiger partial charge is 0.394 e. The van der Waals surface area contributed by atoms with Crippen molar-refractivity contribution in [3.63, 3.8) is 0 Å². The fourth-order valence-corrected chi connectivity index (χ4v) is 4.44. The molecule has 0 fully saturated rings. The summed E-state index contributed by atoms with van der Waals surface area (Å²) in [6, 6.07) is 13.4. The van der Waals surface area contributed by atoms with E-state index >= 15 is 0 Å². The Balaban J connectivity index is 1.79. The minimum atomic E-state index is -0.961. The van der Waals surface area contributed by atoms with Crippen LogP contribution in [0.5, 0.6) is 0 Å². The smallest absolute Gasteiger partial charge is 0.259 e. The number of aromatic amines is 1. The van der Waals surface area contributed by atoms with Gasteiger partial charge >= 0.3 is 0 Å². The number of rotatable bonds is 6. The predicted octanol–water partition coefficient (Wildman–Crippen LogP) is 2.11. The number of imide groups is 1. The third-order valence-electron chi connectivity index (χ3n) is 6.06. The zero-order valence-electron chi connectivity index (χ0n) is 18.3. The molecule has 4 N–H and O–H groups in total. The lowest BCUT2D eigenvalue weighted by atomic mass is 9.95. The van der Waals surface area contributed by atoms with Crippen molar-refractivity contribution >= 4 is 50.5 Å². The predicted molar refractivity (Wildman–Crippen MR) is 128 cm³/mol. The maximum atomic E-state index is 13.0. The van der Waals surface area contributed by atoms with E-state index in [1.807, 2.05) is 66.0 Å². The fourth-order valence-electron chi connectivity index (χ4n) is 4.44. The number of nitrogens with one attached hydrogen (secondary N) is 2. The van der Waals surface area contributed by atoms with Crippen molar-refractivity contribution in [1.82, 2.24) is 14.9 Å².